The van der Waals surface area contributed by atoms with E-state index in [1.165, 1.54) is 11.3 Å². The van der Waals surface area contributed by atoms with Gasteiger partial charge in [0, 0.05) is 0 Å². The number of ketones is 1. The van der Waals surface area contributed by atoms with Gasteiger partial charge in [-0.25, -0.2) is 4.79 Å². The van der Waals surface area contributed by atoms with Crippen LogP contribution in [0, 0.1) is 5.92 Å². The van der Waals surface area contributed by atoms with Crippen molar-refractivity contribution in [1.29, 1.82) is 0 Å². The number of carbonyl (C=O) groups is 3. The van der Waals surface area contributed by atoms with Crippen LogP contribution in [-0.2, 0) is 20.7 Å². The fourth-order valence-corrected chi connectivity index (χ4v) is 4.41. The minimum atomic E-state index is -0.824. The summed E-state index contributed by atoms with van der Waals surface area (Å²) in [5.41, 5.74) is 0.889. The molecule has 0 aliphatic heterocycles. The Morgan fingerprint density at radius 3 is 2.47 bits per heavy atom. The zero-order chi connectivity index (χ0) is 21.7. The molecule has 1 aromatic heterocycles. The van der Waals surface area contributed by atoms with Crippen molar-refractivity contribution in [2.45, 2.75) is 26.3 Å². The lowest BCUT2D eigenvalue weighted by Crippen LogP contribution is -2.46. The van der Waals surface area contributed by atoms with Gasteiger partial charge >= 0.3 is 5.97 Å². The lowest BCUT2D eigenvalue weighted by Gasteiger charge is -2.21. The predicted molar refractivity (Wildman–Crippen MR) is 122 cm³/mol. The number of thiophene rings is 1. The second-order valence-corrected chi connectivity index (χ2v) is 9.70. The summed E-state index contributed by atoms with van der Waals surface area (Å²) < 4.78 is 6.03. The van der Waals surface area contributed by atoms with Crippen LogP contribution in [0.15, 0.2) is 58.4 Å². The molecule has 0 saturated heterocycles. The highest BCUT2D eigenvalue weighted by Gasteiger charge is 2.26. The Labute approximate surface area is 187 Å². The van der Waals surface area contributed by atoms with Crippen LogP contribution in [0.4, 0.5) is 0 Å². The zero-order valence-electron chi connectivity index (χ0n) is 16.7. The van der Waals surface area contributed by atoms with Crippen molar-refractivity contribution in [2.75, 3.05) is 6.61 Å². The van der Waals surface area contributed by atoms with E-state index in [0.717, 1.165) is 20.1 Å². The summed E-state index contributed by atoms with van der Waals surface area (Å²) in [6.45, 7) is 3.29. The Morgan fingerprint density at radius 1 is 1.03 bits per heavy atom. The molecular formula is C23H22BrNO4S. The second-order valence-electron chi connectivity index (χ2n) is 7.24. The SMILES string of the molecule is CC(C)C(NC(=O)Cc1cccc2ccccc12)C(=O)OCC(=O)c1ccc(Br)s1. The second kappa shape index (κ2) is 10.00. The summed E-state index contributed by atoms with van der Waals surface area (Å²) in [6.07, 6.45) is 0.153. The molecule has 1 atom stereocenters. The van der Waals surface area contributed by atoms with Crippen molar-refractivity contribution >= 4 is 55.7 Å². The number of hydrogen-bond donors (Lipinski definition) is 1. The standard InChI is InChI=1S/C23H22BrNO4S/c1-14(2)22(23(28)29-13-18(26)19-10-11-20(24)30-19)25-21(27)12-16-8-5-7-15-6-3-4-9-17(15)16/h3-11,14,22H,12-13H2,1-2H3,(H,25,27). The monoisotopic (exact) mass is 487 g/mol. The van der Waals surface area contributed by atoms with Crippen LogP contribution in [0.1, 0.15) is 29.1 Å². The lowest BCUT2D eigenvalue weighted by atomic mass is 10.0. The number of halogens is 1. The molecule has 1 amide bonds. The highest BCUT2D eigenvalue weighted by Crippen LogP contribution is 2.22. The normalized spacial score (nSPS) is 12.0. The van der Waals surface area contributed by atoms with E-state index in [-0.39, 0.29) is 30.6 Å². The van der Waals surface area contributed by atoms with Gasteiger partial charge in [-0.05, 0) is 50.3 Å². The first kappa shape index (κ1) is 22.2. The maximum atomic E-state index is 12.6. The third kappa shape index (κ3) is 5.55. The van der Waals surface area contributed by atoms with Gasteiger partial charge in [-0.15, -0.1) is 11.3 Å². The van der Waals surface area contributed by atoms with Crippen LogP contribution >= 0.6 is 27.3 Å². The maximum absolute atomic E-state index is 12.6. The van der Waals surface area contributed by atoms with E-state index in [9.17, 15) is 14.4 Å². The van der Waals surface area contributed by atoms with E-state index in [0.29, 0.717) is 4.88 Å². The zero-order valence-corrected chi connectivity index (χ0v) is 19.1. The summed E-state index contributed by atoms with van der Waals surface area (Å²) >= 11 is 4.58. The average molecular weight is 488 g/mol. The first-order valence-corrected chi connectivity index (χ1v) is 11.2. The number of benzene rings is 2. The molecule has 0 bridgehead atoms. The smallest absolute Gasteiger partial charge is 0.329 e. The first-order chi connectivity index (χ1) is 14.3. The molecule has 0 saturated carbocycles. The Kier molecular flexibility index (Phi) is 7.39. The molecule has 0 spiro atoms. The Bertz CT molecular complexity index is 1070. The minimum Gasteiger partial charge on any atom is -0.456 e. The van der Waals surface area contributed by atoms with Gasteiger partial charge < -0.3 is 10.1 Å². The fourth-order valence-electron chi connectivity index (χ4n) is 3.10. The first-order valence-electron chi connectivity index (χ1n) is 9.56. The number of Topliss-reactive ketones (excluding diaryl/α,β-unsaturated/α-hetero) is 1. The molecular weight excluding hydrogens is 466 g/mol. The highest BCUT2D eigenvalue weighted by atomic mass is 79.9. The predicted octanol–water partition coefficient (Wildman–Crippen LogP) is 4.77. The molecule has 0 fully saturated rings. The molecule has 1 heterocycles. The number of fused-ring (bicyclic) bond motifs is 1. The molecule has 1 unspecified atom stereocenters. The summed E-state index contributed by atoms with van der Waals surface area (Å²) in [5.74, 6) is -1.33. The number of esters is 1. The Hall–Kier alpha value is -2.51. The van der Waals surface area contributed by atoms with Gasteiger partial charge in [0.05, 0.1) is 15.1 Å². The molecule has 2 aromatic carbocycles. The van der Waals surface area contributed by atoms with E-state index in [1.807, 2.05) is 56.3 Å². The van der Waals surface area contributed by atoms with Gasteiger partial charge in [-0.3, -0.25) is 9.59 Å². The number of nitrogens with one attached hydrogen (secondary N) is 1. The molecule has 30 heavy (non-hydrogen) atoms. The number of carbonyl (C=O) groups excluding carboxylic acids is 3. The average Bonchev–Trinajstić information content (AvgIpc) is 3.16. The van der Waals surface area contributed by atoms with Crippen LogP contribution in [-0.4, -0.2) is 30.3 Å². The molecule has 1 N–H and O–H groups in total. The minimum absolute atomic E-state index is 0.153. The van der Waals surface area contributed by atoms with Crippen LogP contribution in [0.2, 0.25) is 0 Å². The van der Waals surface area contributed by atoms with Crippen molar-refractivity contribution in [1.82, 2.24) is 5.32 Å². The molecule has 3 rings (SSSR count). The van der Waals surface area contributed by atoms with Crippen molar-refractivity contribution < 1.29 is 19.1 Å². The van der Waals surface area contributed by atoms with Gasteiger partial charge in [0.25, 0.3) is 0 Å². The molecule has 156 valence electrons. The largest absolute Gasteiger partial charge is 0.456 e. The Balaban J connectivity index is 1.62. The van der Waals surface area contributed by atoms with Crippen LogP contribution in [0.25, 0.3) is 10.8 Å². The molecule has 5 nitrogen and oxygen atoms in total. The molecule has 7 heteroatoms. The topological polar surface area (TPSA) is 72.5 Å². The van der Waals surface area contributed by atoms with E-state index >= 15 is 0 Å². The van der Waals surface area contributed by atoms with Gasteiger partial charge in [-0.1, -0.05) is 56.3 Å². The van der Waals surface area contributed by atoms with Crippen molar-refractivity contribution in [3.63, 3.8) is 0 Å². The highest BCUT2D eigenvalue weighted by molar-refractivity contribution is 9.11. The van der Waals surface area contributed by atoms with Crippen LogP contribution < -0.4 is 5.32 Å². The summed E-state index contributed by atoms with van der Waals surface area (Å²) in [5, 5.41) is 4.83. The molecule has 0 aliphatic carbocycles. The van der Waals surface area contributed by atoms with Gasteiger partial charge in [0.15, 0.2) is 6.61 Å². The van der Waals surface area contributed by atoms with Crippen LogP contribution in [0.3, 0.4) is 0 Å². The van der Waals surface area contributed by atoms with E-state index < -0.39 is 12.0 Å². The van der Waals surface area contributed by atoms with Gasteiger partial charge in [0.1, 0.15) is 6.04 Å². The van der Waals surface area contributed by atoms with Crippen molar-refractivity contribution in [3.05, 3.63) is 68.8 Å². The van der Waals surface area contributed by atoms with Crippen molar-refractivity contribution in [2.24, 2.45) is 5.92 Å². The number of rotatable bonds is 8. The molecule has 0 radical (unpaired) electrons. The molecule has 3 aromatic rings. The third-order valence-corrected chi connectivity index (χ3v) is 6.33. The number of amides is 1. The number of hydrogen-bond acceptors (Lipinski definition) is 5. The summed E-state index contributed by atoms with van der Waals surface area (Å²) in [7, 11) is 0. The van der Waals surface area contributed by atoms with Gasteiger partial charge in [-0.2, -0.15) is 0 Å². The molecule has 0 aliphatic rings. The van der Waals surface area contributed by atoms with E-state index in [2.05, 4.69) is 21.2 Å². The number of ether oxygens (including phenoxy) is 1. The van der Waals surface area contributed by atoms with Gasteiger partial charge in [0.2, 0.25) is 11.7 Å². The van der Waals surface area contributed by atoms with Crippen molar-refractivity contribution in [3.8, 4) is 0 Å². The quantitative estimate of drug-likeness (QED) is 0.366. The van der Waals surface area contributed by atoms with E-state index in [1.54, 1.807) is 12.1 Å². The van der Waals surface area contributed by atoms with E-state index in [4.69, 9.17) is 4.74 Å². The summed E-state index contributed by atoms with van der Waals surface area (Å²) in [4.78, 5) is 37.9. The Morgan fingerprint density at radius 2 is 1.77 bits per heavy atom. The van der Waals surface area contributed by atoms with Crippen LogP contribution in [0.5, 0.6) is 0 Å². The third-order valence-electron chi connectivity index (χ3n) is 4.66. The fraction of sp³-hybridized carbons (Fsp3) is 0.261. The maximum Gasteiger partial charge on any atom is 0.329 e. The lowest BCUT2D eigenvalue weighted by molar-refractivity contribution is -0.148. The summed E-state index contributed by atoms with van der Waals surface area (Å²) in [6, 6.07) is 16.3.